The molecule has 15 heavy (non-hydrogen) atoms. The molecule has 1 heterocycles. The summed E-state index contributed by atoms with van der Waals surface area (Å²) in [5, 5.41) is 3.65. The number of rotatable bonds is 0. The first-order valence-electron chi connectivity index (χ1n) is 5.99. The van der Waals surface area contributed by atoms with Crippen molar-refractivity contribution in [2.45, 2.75) is 44.1 Å². The van der Waals surface area contributed by atoms with Gasteiger partial charge in [-0.15, -0.1) is 0 Å². The second-order valence-electron chi connectivity index (χ2n) is 5.69. The quantitative estimate of drug-likeness (QED) is 0.680. The second kappa shape index (κ2) is 2.85. The van der Waals surface area contributed by atoms with Gasteiger partial charge in [0, 0.05) is 5.54 Å². The van der Waals surface area contributed by atoms with Crippen molar-refractivity contribution < 1.29 is 0 Å². The van der Waals surface area contributed by atoms with E-state index in [0.29, 0.717) is 11.0 Å². The molecule has 1 saturated heterocycles. The minimum atomic E-state index is 0.339. The summed E-state index contributed by atoms with van der Waals surface area (Å²) in [7, 11) is 0. The maximum absolute atomic E-state index is 3.65. The van der Waals surface area contributed by atoms with Crippen molar-refractivity contribution in [3.63, 3.8) is 0 Å². The summed E-state index contributed by atoms with van der Waals surface area (Å²) in [5.74, 6) is 0. The first-order valence-corrected chi connectivity index (χ1v) is 5.99. The van der Waals surface area contributed by atoms with Crippen LogP contribution in [0.4, 0.5) is 0 Å². The second-order valence-corrected chi connectivity index (χ2v) is 5.69. The highest BCUT2D eigenvalue weighted by Crippen LogP contribution is 2.48. The van der Waals surface area contributed by atoms with E-state index in [2.05, 4.69) is 43.4 Å². The van der Waals surface area contributed by atoms with Crippen molar-refractivity contribution in [3.8, 4) is 0 Å². The Morgan fingerprint density at radius 1 is 1.00 bits per heavy atom. The van der Waals surface area contributed by atoms with E-state index in [1.165, 1.54) is 25.8 Å². The van der Waals surface area contributed by atoms with Crippen LogP contribution in [0.15, 0.2) is 24.3 Å². The third kappa shape index (κ3) is 1.19. The minimum absolute atomic E-state index is 0.339. The fourth-order valence-electron chi connectivity index (χ4n) is 3.16. The molecule has 1 aliphatic carbocycles. The van der Waals surface area contributed by atoms with Gasteiger partial charge in [-0.3, -0.25) is 0 Å². The Labute approximate surface area is 91.9 Å². The number of hydrogen-bond acceptors (Lipinski definition) is 1. The van der Waals surface area contributed by atoms with Crippen LogP contribution in [0.3, 0.4) is 0 Å². The van der Waals surface area contributed by atoms with E-state index in [0.717, 1.165) is 0 Å². The minimum Gasteiger partial charge on any atom is -0.307 e. The summed E-state index contributed by atoms with van der Waals surface area (Å²) >= 11 is 0. The third-order valence-corrected chi connectivity index (χ3v) is 4.36. The zero-order valence-electron chi connectivity index (χ0n) is 9.64. The van der Waals surface area contributed by atoms with E-state index in [9.17, 15) is 0 Å². The molecule has 1 heteroatoms. The molecule has 0 saturated carbocycles. The zero-order chi connectivity index (χ0) is 10.5. The van der Waals surface area contributed by atoms with Crippen LogP contribution in [-0.2, 0) is 11.0 Å². The van der Waals surface area contributed by atoms with E-state index < -0.39 is 0 Å². The van der Waals surface area contributed by atoms with E-state index in [4.69, 9.17) is 0 Å². The Hall–Kier alpha value is -0.820. The fourth-order valence-corrected chi connectivity index (χ4v) is 3.16. The fraction of sp³-hybridized carbons (Fsp3) is 0.571. The molecule has 1 aromatic rings. The lowest BCUT2D eigenvalue weighted by Crippen LogP contribution is -2.57. The molecular weight excluding hydrogens is 182 g/mol. The number of benzene rings is 1. The lowest BCUT2D eigenvalue weighted by molar-refractivity contribution is 0.154. The molecular formula is C14H19N. The van der Waals surface area contributed by atoms with Crippen LogP contribution in [0.1, 0.15) is 44.2 Å². The molecule has 1 aromatic carbocycles. The van der Waals surface area contributed by atoms with Crippen molar-refractivity contribution in [2.24, 2.45) is 0 Å². The largest absolute Gasteiger partial charge is 0.307 e. The number of fused-ring (bicyclic) bond motifs is 2. The van der Waals surface area contributed by atoms with Gasteiger partial charge in [0.15, 0.2) is 0 Å². The standard InChI is InChI=1S/C14H19N/c1-13(2)7-8-14(9-10-15-14)12-6-4-3-5-11(12)13/h3-6,15H,7-10H2,1-2H3. The van der Waals surface area contributed by atoms with E-state index in [1.54, 1.807) is 11.1 Å². The summed E-state index contributed by atoms with van der Waals surface area (Å²) in [6, 6.07) is 9.00. The summed E-state index contributed by atoms with van der Waals surface area (Å²) in [4.78, 5) is 0. The van der Waals surface area contributed by atoms with Gasteiger partial charge in [0.1, 0.15) is 0 Å². The van der Waals surface area contributed by atoms with Gasteiger partial charge in [0.25, 0.3) is 0 Å². The Morgan fingerprint density at radius 3 is 2.27 bits per heavy atom. The average Bonchev–Trinajstić information content (AvgIpc) is 2.16. The van der Waals surface area contributed by atoms with Crippen LogP contribution in [0.25, 0.3) is 0 Å². The summed E-state index contributed by atoms with van der Waals surface area (Å²) in [5.41, 5.74) is 3.82. The molecule has 2 aliphatic rings. The molecule has 3 rings (SSSR count). The molecule has 0 aromatic heterocycles. The van der Waals surface area contributed by atoms with Crippen molar-refractivity contribution >= 4 is 0 Å². The Morgan fingerprint density at radius 2 is 1.67 bits per heavy atom. The van der Waals surface area contributed by atoms with Gasteiger partial charge < -0.3 is 5.32 Å². The van der Waals surface area contributed by atoms with Gasteiger partial charge in [-0.05, 0) is 42.3 Å². The van der Waals surface area contributed by atoms with Crippen molar-refractivity contribution in [1.29, 1.82) is 0 Å². The Kier molecular flexibility index (Phi) is 1.79. The first-order chi connectivity index (χ1) is 7.14. The Bertz CT molecular complexity index is 388. The summed E-state index contributed by atoms with van der Waals surface area (Å²) in [6.45, 7) is 5.93. The van der Waals surface area contributed by atoms with Crippen molar-refractivity contribution in [2.75, 3.05) is 6.54 Å². The Balaban J connectivity index is 2.16. The van der Waals surface area contributed by atoms with Crippen LogP contribution in [0, 0.1) is 0 Å². The van der Waals surface area contributed by atoms with Gasteiger partial charge in [0.05, 0.1) is 0 Å². The molecule has 80 valence electrons. The maximum Gasteiger partial charge on any atom is 0.0450 e. The normalized spacial score (nSPS) is 32.1. The van der Waals surface area contributed by atoms with E-state index in [-0.39, 0.29) is 0 Å². The molecule has 1 N–H and O–H groups in total. The van der Waals surface area contributed by atoms with Crippen molar-refractivity contribution in [1.82, 2.24) is 5.32 Å². The first kappa shape index (κ1) is 9.41. The third-order valence-electron chi connectivity index (χ3n) is 4.36. The predicted octanol–water partition coefficient (Wildman–Crippen LogP) is 2.95. The topological polar surface area (TPSA) is 12.0 Å². The monoisotopic (exact) mass is 201 g/mol. The molecule has 0 radical (unpaired) electrons. The maximum atomic E-state index is 3.65. The molecule has 1 spiro atoms. The lowest BCUT2D eigenvalue weighted by atomic mass is 9.62. The van der Waals surface area contributed by atoms with Gasteiger partial charge in [-0.2, -0.15) is 0 Å². The van der Waals surface area contributed by atoms with E-state index in [1.807, 2.05) is 0 Å². The predicted molar refractivity (Wildman–Crippen MR) is 63.0 cm³/mol. The molecule has 0 bridgehead atoms. The number of nitrogens with one attached hydrogen (secondary N) is 1. The van der Waals surface area contributed by atoms with E-state index >= 15 is 0 Å². The summed E-state index contributed by atoms with van der Waals surface area (Å²) < 4.78 is 0. The van der Waals surface area contributed by atoms with Gasteiger partial charge >= 0.3 is 0 Å². The lowest BCUT2D eigenvalue weighted by Gasteiger charge is -2.51. The smallest absolute Gasteiger partial charge is 0.0450 e. The highest BCUT2D eigenvalue weighted by Gasteiger charge is 2.45. The molecule has 1 unspecified atom stereocenters. The average molecular weight is 201 g/mol. The van der Waals surface area contributed by atoms with Crippen LogP contribution in [0.5, 0.6) is 0 Å². The highest BCUT2D eigenvalue weighted by molar-refractivity contribution is 5.42. The van der Waals surface area contributed by atoms with Gasteiger partial charge in [-0.1, -0.05) is 38.1 Å². The molecule has 0 amide bonds. The SMILES string of the molecule is CC1(C)CCC2(CCN2)c2ccccc21. The number of hydrogen-bond donors (Lipinski definition) is 1. The van der Waals surface area contributed by atoms with Crippen LogP contribution >= 0.6 is 0 Å². The van der Waals surface area contributed by atoms with Crippen LogP contribution in [0.2, 0.25) is 0 Å². The van der Waals surface area contributed by atoms with Gasteiger partial charge in [-0.25, -0.2) is 0 Å². The highest BCUT2D eigenvalue weighted by atomic mass is 15.1. The van der Waals surface area contributed by atoms with Crippen LogP contribution < -0.4 is 5.32 Å². The van der Waals surface area contributed by atoms with Gasteiger partial charge in [0.2, 0.25) is 0 Å². The summed E-state index contributed by atoms with van der Waals surface area (Å²) in [6.07, 6.45) is 3.92. The molecule has 1 atom stereocenters. The molecule has 1 fully saturated rings. The zero-order valence-corrected chi connectivity index (χ0v) is 9.64. The van der Waals surface area contributed by atoms with Crippen molar-refractivity contribution in [3.05, 3.63) is 35.4 Å². The molecule has 1 nitrogen and oxygen atoms in total. The van der Waals surface area contributed by atoms with Crippen LogP contribution in [-0.4, -0.2) is 6.54 Å². The molecule has 1 aliphatic heterocycles.